The second-order valence-electron chi connectivity index (χ2n) is 8.61. The van der Waals surface area contributed by atoms with E-state index in [0.29, 0.717) is 24.5 Å². The SMILES string of the molecule is C=C(C)C(=O)OCCNC(=O)Oc1c2c(c(OCCOc3ccccc3)c3ccccc13)CCCC2. The molecule has 7 heteroatoms. The Morgan fingerprint density at radius 2 is 1.44 bits per heavy atom. The minimum absolute atomic E-state index is 0.0392. The quantitative estimate of drug-likeness (QED) is 0.234. The van der Waals surface area contributed by atoms with Crippen LogP contribution < -0.4 is 19.5 Å². The van der Waals surface area contributed by atoms with E-state index in [1.54, 1.807) is 6.92 Å². The van der Waals surface area contributed by atoms with Gasteiger partial charge in [-0.05, 0) is 44.7 Å². The van der Waals surface area contributed by atoms with Crippen molar-refractivity contribution in [1.82, 2.24) is 5.32 Å². The number of fused-ring (bicyclic) bond motifs is 2. The number of ether oxygens (including phenoxy) is 4. The standard InChI is InChI=1S/C29H31NO6/c1-20(2)28(31)35-17-16-30-29(32)36-27-24-14-8-6-12-22(24)26(23-13-7-9-15-25(23)27)34-19-18-33-21-10-4-3-5-11-21/h3-6,8,10-12,14H,1,7,9,13,15-19H2,2H3,(H,30,32). The van der Waals surface area contributed by atoms with Gasteiger partial charge >= 0.3 is 12.1 Å². The third-order valence-corrected chi connectivity index (χ3v) is 5.92. The first-order valence-corrected chi connectivity index (χ1v) is 12.2. The molecule has 36 heavy (non-hydrogen) atoms. The highest BCUT2D eigenvalue weighted by Gasteiger charge is 2.25. The van der Waals surface area contributed by atoms with Gasteiger partial charge in [-0.25, -0.2) is 9.59 Å². The number of rotatable bonds is 10. The first-order chi connectivity index (χ1) is 17.5. The summed E-state index contributed by atoms with van der Waals surface area (Å²) >= 11 is 0. The molecular formula is C29H31NO6. The van der Waals surface area contributed by atoms with Crippen LogP contribution in [0.2, 0.25) is 0 Å². The maximum Gasteiger partial charge on any atom is 0.412 e. The molecule has 0 heterocycles. The highest BCUT2D eigenvalue weighted by Crippen LogP contribution is 2.44. The summed E-state index contributed by atoms with van der Waals surface area (Å²) in [6.07, 6.45) is 3.11. The van der Waals surface area contributed by atoms with Crippen molar-refractivity contribution >= 4 is 22.8 Å². The van der Waals surface area contributed by atoms with E-state index in [4.69, 9.17) is 18.9 Å². The monoisotopic (exact) mass is 489 g/mol. The van der Waals surface area contributed by atoms with Gasteiger partial charge in [0.2, 0.25) is 0 Å². The number of benzene rings is 3. The van der Waals surface area contributed by atoms with Crippen LogP contribution in [0.15, 0.2) is 66.7 Å². The van der Waals surface area contributed by atoms with E-state index in [9.17, 15) is 9.59 Å². The van der Waals surface area contributed by atoms with Crippen LogP contribution in [0, 0.1) is 0 Å². The van der Waals surface area contributed by atoms with Gasteiger partial charge in [-0.3, -0.25) is 0 Å². The van der Waals surface area contributed by atoms with Crippen molar-refractivity contribution < 1.29 is 28.5 Å². The van der Waals surface area contributed by atoms with Gasteiger partial charge in [-0.2, -0.15) is 0 Å². The molecule has 4 rings (SSSR count). The van der Waals surface area contributed by atoms with E-state index < -0.39 is 12.1 Å². The van der Waals surface area contributed by atoms with E-state index in [-0.39, 0.29) is 13.2 Å². The predicted octanol–water partition coefficient (Wildman–Crippen LogP) is 5.38. The fourth-order valence-corrected chi connectivity index (χ4v) is 4.26. The number of amides is 1. The van der Waals surface area contributed by atoms with Crippen LogP contribution in [-0.2, 0) is 22.4 Å². The summed E-state index contributed by atoms with van der Waals surface area (Å²) in [4.78, 5) is 24.1. The Bertz CT molecular complexity index is 1240. The van der Waals surface area contributed by atoms with Gasteiger partial charge in [0.05, 0.1) is 6.54 Å². The lowest BCUT2D eigenvalue weighted by Crippen LogP contribution is -2.31. The van der Waals surface area contributed by atoms with Crippen molar-refractivity contribution in [3.63, 3.8) is 0 Å². The van der Waals surface area contributed by atoms with E-state index in [2.05, 4.69) is 11.9 Å². The van der Waals surface area contributed by atoms with Crippen molar-refractivity contribution in [2.75, 3.05) is 26.4 Å². The van der Waals surface area contributed by atoms with Gasteiger partial charge < -0.3 is 24.3 Å². The van der Waals surface area contributed by atoms with E-state index in [0.717, 1.165) is 59.1 Å². The third-order valence-electron chi connectivity index (χ3n) is 5.92. The van der Waals surface area contributed by atoms with Gasteiger partial charge in [0.15, 0.2) is 0 Å². The summed E-state index contributed by atoms with van der Waals surface area (Å²) in [5, 5.41) is 4.37. The minimum Gasteiger partial charge on any atom is -0.490 e. The number of carbonyl (C=O) groups is 2. The Kier molecular flexibility index (Phi) is 8.44. The molecule has 0 aromatic heterocycles. The van der Waals surface area contributed by atoms with Gasteiger partial charge in [-0.1, -0.05) is 49.0 Å². The minimum atomic E-state index is -0.593. The number of hydrogen-bond donors (Lipinski definition) is 1. The van der Waals surface area contributed by atoms with Crippen LogP contribution in [0.3, 0.4) is 0 Å². The van der Waals surface area contributed by atoms with Crippen LogP contribution in [0.4, 0.5) is 4.79 Å². The molecule has 0 unspecified atom stereocenters. The second-order valence-corrected chi connectivity index (χ2v) is 8.61. The highest BCUT2D eigenvalue weighted by atomic mass is 16.6. The summed E-state index contributed by atoms with van der Waals surface area (Å²) in [6, 6.07) is 17.4. The lowest BCUT2D eigenvalue weighted by atomic mass is 9.87. The molecule has 0 radical (unpaired) electrons. The fourth-order valence-electron chi connectivity index (χ4n) is 4.26. The maximum absolute atomic E-state index is 12.6. The molecule has 188 valence electrons. The molecule has 1 amide bonds. The van der Waals surface area contributed by atoms with E-state index in [1.807, 2.05) is 54.6 Å². The highest BCUT2D eigenvalue weighted by molar-refractivity contribution is 5.97. The Balaban J connectivity index is 1.49. The lowest BCUT2D eigenvalue weighted by molar-refractivity contribution is -0.138. The topological polar surface area (TPSA) is 83.1 Å². The molecule has 0 saturated carbocycles. The van der Waals surface area contributed by atoms with Crippen molar-refractivity contribution in [3.05, 3.63) is 77.9 Å². The molecule has 0 saturated heterocycles. The first kappa shape index (κ1) is 25.1. The van der Waals surface area contributed by atoms with Crippen molar-refractivity contribution in [2.24, 2.45) is 0 Å². The molecule has 0 spiro atoms. The molecule has 0 bridgehead atoms. The average Bonchev–Trinajstić information content (AvgIpc) is 2.90. The zero-order valence-electron chi connectivity index (χ0n) is 20.5. The Hall–Kier alpha value is -4.00. The van der Waals surface area contributed by atoms with Crippen LogP contribution >= 0.6 is 0 Å². The zero-order valence-corrected chi connectivity index (χ0v) is 20.5. The number of hydrogen-bond acceptors (Lipinski definition) is 6. The van der Waals surface area contributed by atoms with E-state index >= 15 is 0 Å². The molecule has 0 atom stereocenters. The number of nitrogens with one attached hydrogen (secondary N) is 1. The van der Waals surface area contributed by atoms with Gasteiger partial charge in [0.1, 0.15) is 37.1 Å². The van der Waals surface area contributed by atoms with Crippen LogP contribution in [0.25, 0.3) is 10.8 Å². The van der Waals surface area contributed by atoms with Crippen molar-refractivity contribution in [3.8, 4) is 17.2 Å². The summed E-state index contributed by atoms with van der Waals surface area (Å²) in [6.45, 7) is 6.10. The fraction of sp³-hybridized carbons (Fsp3) is 0.310. The lowest BCUT2D eigenvalue weighted by Gasteiger charge is -2.25. The van der Waals surface area contributed by atoms with Crippen LogP contribution in [0.5, 0.6) is 17.2 Å². The Labute approximate surface area is 211 Å². The van der Waals surface area contributed by atoms with Crippen LogP contribution in [-0.4, -0.2) is 38.4 Å². The molecule has 1 N–H and O–H groups in total. The molecule has 1 aliphatic carbocycles. The third kappa shape index (κ3) is 6.16. The maximum atomic E-state index is 12.6. The summed E-state index contributed by atoms with van der Waals surface area (Å²) in [7, 11) is 0. The smallest absolute Gasteiger partial charge is 0.412 e. The van der Waals surface area contributed by atoms with Crippen LogP contribution in [0.1, 0.15) is 30.9 Å². The Morgan fingerprint density at radius 1 is 0.833 bits per heavy atom. The summed E-state index contributed by atoms with van der Waals surface area (Å²) in [5.74, 6) is 1.70. The van der Waals surface area contributed by atoms with Crippen molar-refractivity contribution in [1.29, 1.82) is 0 Å². The molecular weight excluding hydrogens is 458 g/mol. The second kappa shape index (κ2) is 12.1. The zero-order chi connectivity index (χ0) is 25.3. The summed E-state index contributed by atoms with van der Waals surface area (Å²) in [5.41, 5.74) is 2.39. The molecule has 3 aromatic carbocycles. The number of para-hydroxylation sites is 1. The first-order valence-electron chi connectivity index (χ1n) is 12.2. The molecule has 1 aliphatic rings. The normalized spacial score (nSPS) is 12.4. The molecule has 7 nitrogen and oxygen atoms in total. The summed E-state index contributed by atoms with van der Waals surface area (Å²) < 4.78 is 22.9. The largest absolute Gasteiger partial charge is 0.490 e. The van der Waals surface area contributed by atoms with Gasteiger partial charge in [0.25, 0.3) is 0 Å². The molecule has 3 aromatic rings. The molecule has 0 fully saturated rings. The number of esters is 1. The Morgan fingerprint density at radius 3 is 2.14 bits per heavy atom. The van der Waals surface area contributed by atoms with E-state index in [1.165, 1.54) is 0 Å². The molecule has 0 aliphatic heterocycles. The average molecular weight is 490 g/mol. The van der Waals surface area contributed by atoms with Gasteiger partial charge in [0, 0.05) is 27.5 Å². The number of carbonyl (C=O) groups excluding carboxylic acids is 2. The predicted molar refractivity (Wildman–Crippen MR) is 138 cm³/mol. The van der Waals surface area contributed by atoms with Gasteiger partial charge in [-0.15, -0.1) is 0 Å². The van der Waals surface area contributed by atoms with Crippen molar-refractivity contribution in [2.45, 2.75) is 32.6 Å².